The van der Waals surface area contributed by atoms with Gasteiger partial charge in [-0.25, -0.2) is 9.67 Å². The Morgan fingerprint density at radius 3 is 2.24 bits per heavy atom. The van der Waals surface area contributed by atoms with Gasteiger partial charge in [0.05, 0.1) is 11.5 Å². The molecule has 1 N–H and O–H groups in total. The number of pyridine rings is 1. The summed E-state index contributed by atoms with van der Waals surface area (Å²) in [6.45, 7) is 4.72. The van der Waals surface area contributed by atoms with E-state index >= 15 is 0 Å². The third kappa shape index (κ3) is 4.32. The number of rotatable bonds is 7. The normalized spacial score (nSPS) is 24.0. The molecule has 4 aliphatic rings. The predicted octanol–water partition coefficient (Wildman–Crippen LogP) is 5.35. The number of alkyl halides is 3. The van der Waals surface area contributed by atoms with Crippen molar-refractivity contribution in [2.75, 3.05) is 33.4 Å². The van der Waals surface area contributed by atoms with Crippen LogP contribution in [-0.4, -0.2) is 69.3 Å². The molecule has 7 rings (SSSR count). The molecule has 218 valence electrons. The molecule has 41 heavy (non-hydrogen) atoms. The summed E-state index contributed by atoms with van der Waals surface area (Å²) in [4.78, 5) is 11.6. The van der Waals surface area contributed by atoms with Gasteiger partial charge in [0.15, 0.2) is 5.82 Å². The first kappa shape index (κ1) is 27.0. The van der Waals surface area contributed by atoms with Crippen LogP contribution in [0.1, 0.15) is 79.9 Å². The fraction of sp³-hybridized carbons (Fsp3) is 0.581. The fourth-order valence-electron chi connectivity index (χ4n) is 7.17. The lowest BCUT2D eigenvalue weighted by molar-refractivity contribution is -0.160. The van der Waals surface area contributed by atoms with Crippen molar-refractivity contribution in [2.24, 2.45) is 5.41 Å². The molecule has 2 saturated heterocycles. The molecule has 0 spiro atoms. The Morgan fingerprint density at radius 1 is 0.976 bits per heavy atom. The summed E-state index contributed by atoms with van der Waals surface area (Å²) in [6.07, 6.45) is 3.32. The van der Waals surface area contributed by atoms with Crippen molar-refractivity contribution in [1.82, 2.24) is 24.6 Å². The van der Waals surface area contributed by atoms with Crippen LogP contribution in [0.3, 0.4) is 0 Å². The standard InChI is InChI=1S/C31H36F3N5O2/c1-28(18-38(2)19-28)30(40,23-5-3-22(4-6-23)29(11-12-29)31(32,33)34)24-15-21(16-35-17-24)26-36-27(20-9-13-41-14-10-20)39(37-26)25-7-8-25/h3-6,15-17,20,25,40H,7-14,18-19H2,1-2H3/t30-/m0/s1. The molecular formula is C31H36F3N5O2. The van der Waals surface area contributed by atoms with Gasteiger partial charge in [0.25, 0.3) is 0 Å². The molecule has 2 aliphatic heterocycles. The van der Waals surface area contributed by atoms with Crippen LogP contribution < -0.4 is 0 Å². The highest BCUT2D eigenvalue weighted by molar-refractivity contribution is 5.57. The number of likely N-dealkylation sites (tertiary alicyclic amines) is 1. The summed E-state index contributed by atoms with van der Waals surface area (Å²) in [6, 6.07) is 8.70. The molecule has 4 fully saturated rings. The van der Waals surface area contributed by atoms with Gasteiger partial charge in [-0.15, -0.1) is 0 Å². The van der Waals surface area contributed by atoms with Crippen LogP contribution in [0.4, 0.5) is 13.2 Å². The molecule has 2 saturated carbocycles. The van der Waals surface area contributed by atoms with Gasteiger partial charge >= 0.3 is 6.18 Å². The van der Waals surface area contributed by atoms with Crippen molar-refractivity contribution in [2.45, 2.75) is 74.6 Å². The predicted molar refractivity (Wildman–Crippen MR) is 146 cm³/mol. The molecule has 7 nitrogen and oxygen atoms in total. The summed E-state index contributed by atoms with van der Waals surface area (Å²) in [7, 11) is 1.99. The molecule has 2 aliphatic carbocycles. The third-order valence-corrected chi connectivity index (χ3v) is 9.81. The number of aliphatic hydroxyl groups is 1. The quantitative estimate of drug-likeness (QED) is 0.415. The van der Waals surface area contributed by atoms with Crippen LogP contribution in [-0.2, 0) is 15.8 Å². The largest absolute Gasteiger partial charge is 0.398 e. The highest BCUT2D eigenvalue weighted by Crippen LogP contribution is 2.59. The molecule has 0 radical (unpaired) electrons. The molecule has 10 heteroatoms. The van der Waals surface area contributed by atoms with Crippen molar-refractivity contribution in [3.63, 3.8) is 0 Å². The zero-order chi connectivity index (χ0) is 28.6. The minimum absolute atomic E-state index is 0.102. The highest BCUT2D eigenvalue weighted by Gasteiger charge is 2.64. The number of hydrogen-bond donors (Lipinski definition) is 1. The van der Waals surface area contributed by atoms with Crippen LogP contribution >= 0.6 is 0 Å². The van der Waals surface area contributed by atoms with E-state index < -0.39 is 22.6 Å². The molecule has 0 amide bonds. The van der Waals surface area contributed by atoms with E-state index in [0.717, 1.165) is 50.3 Å². The Hall–Kier alpha value is -2.82. The Kier molecular flexibility index (Phi) is 6.16. The van der Waals surface area contributed by atoms with Crippen LogP contribution in [0.2, 0.25) is 0 Å². The van der Waals surface area contributed by atoms with E-state index in [1.54, 1.807) is 36.7 Å². The van der Waals surface area contributed by atoms with E-state index in [0.29, 0.717) is 42.0 Å². The minimum atomic E-state index is -4.29. The van der Waals surface area contributed by atoms with Gasteiger partial charge in [0, 0.05) is 61.2 Å². The molecular weight excluding hydrogens is 531 g/mol. The second-order valence-corrected chi connectivity index (χ2v) is 12.9. The zero-order valence-electron chi connectivity index (χ0n) is 23.5. The van der Waals surface area contributed by atoms with E-state index in [2.05, 4.69) is 14.6 Å². The summed E-state index contributed by atoms with van der Waals surface area (Å²) in [5.41, 5.74) is -1.68. The number of aromatic nitrogens is 4. The SMILES string of the molecule is CN1CC(C)([C@](O)(c2ccc(C3(C(F)(F)F)CC3)cc2)c2cncc(-c3nc(C4CCOCC4)n(C4CC4)n3)c2)C1. The van der Waals surface area contributed by atoms with E-state index in [9.17, 15) is 18.3 Å². The lowest BCUT2D eigenvalue weighted by Gasteiger charge is -2.55. The Morgan fingerprint density at radius 2 is 1.66 bits per heavy atom. The maximum Gasteiger partial charge on any atom is 0.398 e. The topological polar surface area (TPSA) is 76.3 Å². The lowest BCUT2D eigenvalue weighted by atomic mass is 9.62. The molecule has 2 aromatic heterocycles. The van der Waals surface area contributed by atoms with Gasteiger partial charge in [0.1, 0.15) is 11.4 Å². The number of hydrogen-bond acceptors (Lipinski definition) is 6. The smallest absolute Gasteiger partial charge is 0.381 e. The summed E-state index contributed by atoms with van der Waals surface area (Å²) < 4.78 is 49.1. The van der Waals surface area contributed by atoms with Gasteiger partial charge in [0.2, 0.25) is 0 Å². The second kappa shape index (κ2) is 9.34. The van der Waals surface area contributed by atoms with E-state index in [1.165, 1.54) is 0 Å². The Labute approximate surface area is 237 Å². The monoisotopic (exact) mass is 567 g/mol. The third-order valence-electron chi connectivity index (χ3n) is 9.81. The summed E-state index contributed by atoms with van der Waals surface area (Å²) in [5.74, 6) is 1.88. The first-order chi connectivity index (χ1) is 19.5. The first-order valence-electron chi connectivity index (χ1n) is 14.6. The van der Waals surface area contributed by atoms with Gasteiger partial charge in [-0.05, 0) is 62.8 Å². The van der Waals surface area contributed by atoms with Crippen molar-refractivity contribution in [3.8, 4) is 11.4 Å². The van der Waals surface area contributed by atoms with E-state index in [1.807, 2.05) is 20.0 Å². The van der Waals surface area contributed by atoms with Gasteiger partial charge in [-0.3, -0.25) is 4.98 Å². The molecule has 1 atom stereocenters. The van der Waals surface area contributed by atoms with E-state index in [4.69, 9.17) is 14.8 Å². The summed E-state index contributed by atoms with van der Waals surface area (Å²) in [5, 5.41) is 17.5. The highest BCUT2D eigenvalue weighted by atomic mass is 19.4. The van der Waals surface area contributed by atoms with Crippen LogP contribution in [0, 0.1) is 5.41 Å². The molecule has 4 heterocycles. The molecule has 3 aromatic rings. The van der Waals surface area contributed by atoms with Crippen LogP contribution in [0.5, 0.6) is 0 Å². The number of halogens is 3. The van der Waals surface area contributed by atoms with Crippen molar-refractivity contribution >= 4 is 0 Å². The van der Waals surface area contributed by atoms with Gasteiger partial charge < -0.3 is 14.7 Å². The molecule has 0 unspecified atom stereocenters. The first-order valence-corrected chi connectivity index (χ1v) is 14.6. The van der Waals surface area contributed by atoms with Crippen LogP contribution in [0.25, 0.3) is 11.4 Å². The number of ether oxygens (including phenoxy) is 1. The van der Waals surface area contributed by atoms with Crippen molar-refractivity contribution < 1.29 is 23.0 Å². The van der Waals surface area contributed by atoms with Crippen molar-refractivity contribution in [3.05, 3.63) is 65.2 Å². The molecule has 0 bridgehead atoms. The Bertz CT molecular complexity index is 1430. The average molecular weight is 568 g/mol. The zero-order valence-corrected chi connectivity index (χ0v) is 23.5. The van der Waals surface area contributed by atoms with Crippen molar-refractivity contribution in [1.29, 1.82) is 0 Å². The van der Waals surface area contributed by atoms with Crippen LogP contribution in [0.15, 0.2) is 42.7 Å². The average Bonchev–Trinajstić information content (AvgIpc) is 3.89. The van der Waals surface area contributed by atoms with Gasteiger partial charge in [-0.1, -0.05) is 31.2 Å². The van der Waals surface area contributed by atoms with E-state index in [-0.39, 0.29) is 18.4 Å². The van der Waals surface area contributed by atoms with Gasteiger partial charge in [-0.2, -0.15) is 18.3 Å². The fourth-order valence-corrected chi connectivity index (χ4v) is 7.17. The maximum absolute atomic E-state index is 13.8. The lowest BCUT2D eigenvalue weighted by Crippen LogP contribution is -2.63. The number of nitrogens with zero attached hydrogens (tertiary/aromatic N) is 5. The minimum Gasteiger partial charge on any atom is -0.381 e. The maximum atomic E-state index is 13.8. The number of benzene rings is 1. The molecule has 1 aromatic carbocycles. The second-order valence-electron chi connectivity index (χ2n) is 12.9. The Balaban J connectivity index is 1.28. The summed E-state index contributed by atoms with van der Waals surface area (Å²) >= 11 is 0.